The van der Waals surface area contributed by atoms with Gasteiger partial charge in [0.15, 0.2) is 0 Å². The summed E-state index contributed by atoms with van der Waals surface area (Å²) < 4.78 is 36.1. The Labute approximate surface area is 234 Å². The molecule has 2 aliphatic heterocycles. The van der Waals surface area contributed by atoms with Crippen LogP contribution in [0.1, 0.15) is 53.4 Å². The lowest BCUT2D eigenvalue weighted by molar-refractivity contribution is 0.0241. The van der Waals surface area contributed by atoms with E-state index in [-0.39, 0.29) is 34.6 Å². The zero-order valence-electron chi connectivity index (χ0n) is 22.5. The molecule has 6 bridgehead atoms. The van der Waals surface area contributed by atoms with E-state index in [9.17, 15) is 13.2 Å². The summed E-state index contributed by atoms with van der Waals surface area (Å²) >= 11 is 0. The predicted octanol–water partition coefficient (Wildman–Crippen LogP) is 5.76. The highest BCUT2D eigenvalue weighted by molar-refractivity contribution is 7.92. The summed E-state index contributed by atoms with van der Waals surface area (Å²) in [7, 11) is -4.10. The summed E-state index contributed by atoms with van der Waals surface area (Å²) in [4.78, 5) is 24.9. The minimum atomic E-state index is -4.10. The zero-order chi connectivity index (χ0) is 28.0. The van der Waals surface area contributed by atoms with Gasteiger partial charge in [0.2, 0.25) is 11.8 Å². The van der Waals surface area contributed by atoms with Crippen molar-refractivity contribution in [3.63, 3.8) is 0 Å². The van der Waals surface area contributed by atoms with Crippen LogP contribution in [-0.4, -0.2) is 35.2 Å². The summed E-state index contributed by atoms with van der Waals surface area (Å²) in [5.74, 6) is 0.139. The number of anilines is 1. The van der Waals surface area contributed by atoms with Gasteiger partial charge in [-0.05, 0) is 54.2 Å². The van der Waals surface area contributed by atoms with Crippen LogP contribution in [0.4, 0.5) is 5.95 Å². The fourth-order valence-corrected chi connectivity index (χ4v) is 6.52. The lowest BCUT2D eigenvalue weighted by Gasteiger charge is -2.43. The number of sulfonamides is 1. The van der Waals surface area contributed by atoms with E-state index in [4.69, 9.17) is 4.74 Å². The first-order valence-corrected chi connectivity index (χ1v) is 14.8. The van der Waals surface area contributed by atoms with Crippen LogP contribution in [0.5, 0.6) is 5.88 Å². The summed E-state index contributed by atoms with van der Waals surface area (Å²) in [6.45, 7) is 6.59. The molecule has 0 radical (unpaired) electrons. The number of hydrogen-bond acceptors (Lipinski definition) is 6. The lowest BCUT2D eigenvalue weighted by Crippen LogP contribution is -2.49. The molecule has 8 nitrogen and oxygen atoms in total. The Morgan fingerprint density at radius 3 is 2.58 bits per heavy atom. The fourth-order valence-electron chi connectivity index (χ4n) is 5.53. The maximum atomic E-state index is 14.0. The molecule has 6 rings (SSSR count). The molecule has 1 N–H and O–H groups in total. The zero-order valence-corrected chi connectivity index (χ0v) is 23.4. The number of rotatable bonds is 3. The van der Waals surface area contributed by atoms with Crippen molar-refractivity contribution < 1.29 is 17.9 Å². The number of ether oxygens (including phenoxy) is 1. The number of fused-ring (bicyclic) bond motifs is 8. The molecule has 2 aliphatic rings. The molecule has 1 amide bonds. The van der Waals surface area contributed by atoms with Crippen LogP contribution < -0.4 is 9.46 Å². The highest BCUT2D eigenvalue weighted by atomic mass is 32.2. The largest absolute Gasteiger partial charge is 0.467 e. The number of aromatic nitrogens is 2. The quantitative estimate of drug-likeness (QED) is 0.346. The van der Waals surface area contributed by atoms with E-state index in [1.807, 2.05) is 60.4 Å². The first kappa shape index (κ1) is 26.0. The van der Waals surface area contributed by atoms with Crippen LogP contribution in [0.3, 0.4) is 0 Å². The van der Waals surface area contributed by atoms with Crippen molar-refractivity contribution in [2.45, 2.75) is 50.8 Å². The van der Waals surface area contributed by atoms with Gasteiger partial charge in [0.25, 0.3) is 15.9 Å². The molecular formula is C31H30N4O4S. The Morgan fingerprint density at radius 2 is 1.77 bits per heavy atom. The van der Waals surface area contributed by atoms with Crippen LogP contribution in [0.2, 0.25) is 0 Å². The second kappa shape index (κ2) is 10.1. The number of carbonyl (C=O) groups excluding carboxylic acids is 1. The Hall–Kier alpha value is -4.24. The third-order valence-corrected chi connectivity index (χ3v) is 8.74. The summed E-state index contributed by atoms with van der Waals surface area (Å²) in [6.07, 6.45) is 0.160. The number of nitrogens with zero attached hydrogens (tertiary/aromatic N) is 3. The van der Waals surface area contributed by atoms with Gasteiger partial charge in [0, 0.05) is 23.7 Å². The molecule has 0 unspecified atom stereocenters. The average molecular weight is 555 g/mol. The minimum Gasteiger partial charge on any atom is -0.467 e. The third-order valence-electron chi connectivity index (χ3n) is 7.41. The molecule has 0 fully saturated rings. The number of nitrogens with one attached hydrogen (secondary N) is 1. The van der Waals surface area contributed by atoms with Crippen molar-refractivity contribution in [1.29, 1.82) is 0 Å². The Balaban J connectivity index is 1.61. The number of hydrogen-bond donors (Lipinski definition) is 1. The van der Waals surface area contributed by atoms with Crippen molar-refractivity contribution in [3.8, 4) is 17.1 Å². The van der Waals surface area contributed by atoms with Crippen molar-refractivity contribution in [1.82, 2.24) is 14.9 Å². The van der Waals surface area contributed by atoms with Gasteiger partial charge in [-0.1, -0.05) is 68.4 Å². The van der Waals surface area contributed by atoms with Crippen LogP contribution in [0.25, 0.3) is 11.3 Å². The monoisotopic (exact) mass is 554 g/mol. The summed E-state index contributed by atoms with van der Waals surface area (Å²) in [5, 5.41) is 0. The van der Waals surface area contributed by atoms with E-state index in [1.165, 1.54) is 12.1 Å². The van der Waals surface area contributed by atoms with Crippen LogP contribution >= 0.6 is 0 Å². The number of aryl methyl sites for hydroxylation is 1. The van der Waals surface area contributed by atoms with E-state index in [1.54, 1.807) is 18.2 Å². The molecule has 1 aromatic heterocycles. The molecule has 2 atom stereocenters. The maximum absolute atomic E-state index is 14.0. The Kier molecular flexibility index (Phi) is 6.54. The van der Waals surface area contributed by atoms with Crippen molar-refractivity contribution in [2.24, 2.45) is 5.92 Å². The van der Waals surface area contributed by atoms with Crippen LogP contribution in [0, 0.1) is 12.8 Å². The molecule has 4 aromatic rings. The Morgan fingerprint density at radius 1 is 1.00 bits per heavy atom. The fraction of sp³-hybridized carbons (Fsp3) is 0.258. The SMILES string of the molecule is Cc1ccccc1-c1cc2nc(n1)NS(=O)(=O)c1cccc(c1)C(=O)N1Cc3ccccc3[C@H](O2)[C@H]1CC(C)C. The molecular weight excluding hydrogens is 524 g/mol. The van der Waals surface area contributed by atoms with Crippen LogP contribution in [-0.2, 0) is 16.6 Å². The molecule has 0 saturated carbocycles. The summed E-state index contributed by atoms with van der Waals surface area (Å²) in [5.41, 5.74) is 4.60. The van der Waals surface area contributed by atoms with Crippen LogP contribution in [0.15, 0.2) is 83.8 Å². The molecule has 40 heavy (non-hydrogen) atoms. The maximum Gasteiger partial charge on any atom is 0.264 e. The van der Waals surface area contributed by atoms with E-state index in [2.05, 4.69) is 28.5 Å². The van der Waals surface area contributed by atoms with Crippen molar-refractivity contribution in [2.75, 3.05) is 4.72 Å². The van der Waals surface area contributed by atoms with Gasteiger partial charge in [-0.15, -0.1) is 0 Å². The highest BCUT2D eigenvalue weighted by Gasteiger charge is 2.40. The second-order valence-electron chi connectivity index (χ2n) is 10.7. The van der Waals surface area contributed by atoms with E-state index in [0.29, 0.717) is 24.2 Å². The van der Waals surface area contributed by atoms with E-state index in [0.717, 1.165) is 22.3 Å². The van der Waals surface area contributed by atoms with Gasteiger partial charge in [-0.2, -0.15) is 4.98 Å². The standard InChI is InChI=1S/C31H30N4O4S/c1-19(2)15-27-29-25-14-7-5-10-22(25)18-35(27)30(36)21-11-8-12-23(16-21)40(37,38)34-31-32-26(17-28(33-31)39-29)24-13-6-4-9-20(24)3/h4-14,16-17,19,27,29H,15,18H2,1-3H3,(H,32,33,34)/t27-,29+/m1/s1. The number of amides is 1. The van der Waals surface area contributed by atoms with Gasteiger partial charge >= 0.3 is 0 Å². The van der Waals surface area contributed by atoms with E-state index < -0.39 is 16.1 Å². The lowest BCUT2D eigenvalue weighted by atomic mass is 9.86. The molecule has 9 heteroatoms. The molecule has 204 valence electrons. The smallest absolute Gasteiger partial charge is 0.264 e. The third kappa shape index (κ3) is 4.81. The average Bonchev–Trinajstić information content (AvgIpc) is 2.93. The number of benzene rings is 3. The van der Waals surface area contributed by atoms with Gasteiger partial charge in [0.1, 0.15) is 6.10 Å². The first-order chi connectivity index (χ1) is 19.2. The van der Waals surface area contributed by atoms with Crippen molar-refractivity contribution in [3.05, 3.63) is 101 Å². The van der Waals surface area contributed by atoms with Crippen molar-refractivity contribution >= 4 is 21.9 Å². The predicted molar refractivity (Wildman–Crippen MR) is 152 cm³/mol. The second-order valence-corrected chi connectivity index (χ2v) is 12.4. The van der Waals surface area contributed by atoms with E-state index >= 15 is 0 Å². The normalized spacial score (nSPS) is 19.4. The molecule has 3 aromatic carbocycles. The van der Waals surface area contributed by atoms with Gasteiger partial charge < -0.3 is 9.64 Å². The summed E-state index contributed by atoms with van der Waals surface area (Å²) in [6, 6.07) is 23.2. The number of carbonyl (C=O) groups is 1. The Bertz CT molecular complexity index is 1720. The minimum absolute atomic E-state index is 0.0423. The highest BCUT2D eigenvalue weighted by Crippen LogP contribution is 2.39. The molecule has 3 heterocycles. The first-order valence-electron chi connectivity index (χ1n) is 13.3. The molecule has 0 spiro atoms. The topological polar surface area (TPSA) is 101 Å². The van der Waals surface area contributed by atoms with Gasteiger partial charge in [-0.3, -0.25) is 4.79 Å². The molecule has 0 aliphatic carbocycles. The molecule has 0 saturated heterocycles. The van der Waals surface area contributed by atoms with Gasteiger partial charge in [-0.25, -0.2) is 18.1 Å². The van der Waals surface area contributed by atoms with Gasteiger partial charge in [0.05, 0.1) is 16.6 Å².